The van der Waals surface area contributed by atoms with Crippen molar-refractivity contribution in [3.63, 3.8) is 0 Å². The Balaban J connectivity index is 2.54. The summed E-state index contributed by atoms with van der Waals surface area (Å²) >= 11 is 0. The molecule has 4 nitrogen and oxygen atoms in total. The maximum Gasteiger partial charge on any atom is 0.345 e. The molecule has 4 heteroatoms. The lowest BCUT2D eigenvalue weighted by Gasteiger charge is -2.24. The van der Waals surface area contributed by atoms with Crippen LogP contribution in [-0.4, -0.2) is 23.1 Å². The third kappa shape index (κ3) is 1.56. The van der Waals surface area contributed by atoms with Crippen molar-refractivity contribution >= 4 is 11.9 Å². The first-order valence-electron chi connectivity index (χ1n) is 5.03. The molecule has 0 fully saturated rings. The number of cyclic esters (lactones) is 1. The average Bonchev–Trinajstić information content (AvgIpc) is 2.22. The number of fused-ring (bicyclic) bond motifs is 1. The van der Waals surface area contributed by atoms with E-state index < -0.39 is 18.0 Å². The number of ether oxygens (including phenoxy) is 1. The fourth-order valence-electron chi connectivity index (χ4n) is 1.97. The topological polar surface area (TPSA) is 63.6 Å². The van der Waals surface area contributed by atoms with Crippen LogP contribution in [0.3, 0.4) is 0 Å². The maximum absolute atomic E-state index is 11.7. The van der Waals surface area contributed by atoms with Crippen molar-refractivity contribution in [3.8, 4) is 0 Å². The van der Waals surface area contributed by atoms with Crippen molar-refractivity contribution < 1.29 is 19.4 Å². The van der Waals surface area contributed by atoms with Gasteiger partial charge in [-0.15, -0.1) is 0 Å². The van der Waals surface area contributed by atoms with E-state index in [0.29, 0.717) is 5.56 Å². The van der Waals surface area contributed by atoms with Gasteiger partial charge in [0, 0.05) is 6.42 Å². The summed E-state index contributed by atoms with van der Waals surface area (Å²) in [5.74, 6) is -1.63. The maximum atomic E-state index is 11.7. The number of hydrogen-bond acceptors (Lipinski definition) is 3. The molecule has 0 spiro atoms. The van der Waals surface area contributed by atoms with Gasteiger partial charge in [-0.05, 0) is 30.5 Å². The molecule has 84 valence electrons. The highest BCUT2D eigenvalue weighted by Crippen LogP contribution is 2.26. The van der Waals surface area contributed by atoms with E-state index in [1.165, 1.54) is 0 Å². The van der Waals surface area contributed by atoms with Crippen molar-refractivity contribution in [1.29, 1.82) is 0 Å². The van der Waals surface area contributed by atoms with Crippen LogP contribution in [0.15, 0.2) is 12.1 Å². The summed E-state index contributed by atoms with van der Waals surface area (Å²) in [7, 11) is 0. The molecule has 0 aliphatic carbocycles. The molecule has 0 saturated heterocycles. The van der Waals surface area contributed by atoms with Gasteiger partial charge in [-0.25, -0.2) is 9.59 Å². The Hall–Kier alpha value is -1.84. The van der Waals surface area contributed by atoms with E-state index >= 15 is 0 Å². The minimum absolute atomic E-state index is 0.254. The van der Waals surface area contributed by atoms with Gasteiger partial charge in [-0.3, -0.25) is 0 Å². The number of benzene rings is 1. The highest BCUT2D eigenvalue weighted by molar-refractivity contribution is 5.96. The van der Waals surface area contributed by atoms with Crippen molar-refractivity contribution in [3.05, 3.63) is 34.4 Å². The first kappa shape index (κ1) is 10.7. The minimum Gasteiger partial charge on any atom is -0.478 e. The van der Waals surface area contributed by atoms with Gasteiger partial charge in [-0.1, -0.05) is 12.1 Å². The number of carboxylic acid groups (broad SMARTS) is 1. The summed E-state index contributed by atoms with van der Waals surface area (Å²) in [6, 6.07) is 3.74. The fraction of sp³-hybridized carbons (Fsp3) is 0.333. The van der Waals surface area contributed by atoms with E-state index in [2.05, 4.69) is 0 Å². The van der Waals surface area contributed by atoms with E-state index in [9.17, 15) is 9.59 Å². The average molecular weight is 220 g/mol. The minimum atomic E-state index is -1.10. The first-order valence-corrected chi connectivity index (χ1v) is 5.03. The third-order valence-corrected chi connectivity index (χ3v) is 2.87. The largest absolute Gasteiger partial charge is 0.478 e. The van der Waals surface area contributed by atoms with Gasteiger partial charge in [0.2, 0.25) is 6.10 Å². The van der Waals surface area contributed by atoms with Crippen molar-refractivity contribution in [2.75, 3.05) is 0 Å². The molecule has 1 aliphatic heterocycles. The molecule has 1 aromatic rings. The zero-order chi connectivity index (χ0) is 11.9. The van der Waals surface area contributed by atoms with Crippen LogP contribution in [0.4, 0.5) is 0 Å². The predicted octanol–water partition coefficient (Wildman–Crippen LogP) is 1.47. The lowest BCUT2D eigenvalue weighted by Crippen LogP contribution is -2.35. The molecule has 2 rings (SSSR count). The van der Waals surface area contributed by atoms with Crippen LogP contribution in [0.5, 0.6) is 0 Å². The molecular formula is C12H12O4. The summed E-state index contributed by atoms with van der Waals surface area (Å²) in [5, 5.41) is 8.86. The number of aliphatic carboxylic acids is 1. The molecule has 0 radical (unpaired) electrons. The summed E-state index contributed by atoms with van der Waals surface area (Å²) in [6.45, 7) is 3.69. The highest BCUT2D eigenvalue weighted by atomic mass is 16.6. The molecule has 0 aromatic heterocycles. The van der Waals surface area contributed by atoms with Crippen molar-refractivity contribution in [2.24, 2.45) is 0 Å². The second-order valence-electron chi connectivity index (χ2n) is 3.99. The molecule has 1 unspecified atom stereocenters. The molecule has 1 aromatic carbocycles. The quantitative estimate of drug-likeness (QED) is 0.728. The van der Waals surface area contributed by atoms with Gasteiger partial charge in [0.05, 0.1) is 5.56 Å². The molecule has 0 bridgehead atoms. The highest BCUT2D eigenvalue weighted by Gasteiger charge is 2.32. The van der Waals surface area contributed by atoms with Crippen LogP contribution < -0.4 is 0 Å². The van der Waals surface area contributed by atoms with Crippen LogP contribution in [0.25, 0.3) is 0 Å². The van der Waals surface area contributed by atoms with Gasteiger partial charge in [0.25, 0.3) is 0 Å². The van der Waals surface area contributed by atoms with Gasteiger partial charge in [-0.2, -0.15) is 0 Å². The smallest absolute Gasteiger partial charge is 0.345 e. The van der Waals surface area contributed by atoms with E-state index in [-0.39, 0.29) is 6.42 Å². The third-order valence-electron chi connectivity index (χ3n) is 2.87. The molecule has 0 saturated carbocycles. The molecule has 0 amide bonds. The van der Waals surface area contributed by atoms with E-state index in [4.69, 9.17) is 9.84 Å². The van der Waals surface area contributed by atoms with Gasteiger partial charge in [0.1, 0.15) is 0 Å². The van der Waals surface area contributed by atoms with Crippen molar-refractivity contribution in [2.45, 2.75) is 26.4 Å². The Labute approximate surface area is 92.8 Å². The monoisotopic (exact) mass is 220 g/mol. The predicted molar refractivity (Wildman–Crippen MR) is 56.5 cm³/mol. The number of carbonyl (C=O) groups is 2. The standard InChI is InChI=1S/C12H12O4/c1-6-3-4-7(2)10-8(6)5-9(11(13)14)16-12(10)15/h3-4,9H,5H2,1-2H3,(H,13,14). The molecule has 1 heterocycles. The van der Waals surface area contributed by atoms with Crippen LogP contribution in [0.1, 0.15) is 27.0 Å². The normalized spacial score (nSPS) is 18.9. The Morgan fingerprint density at radius 3 is 2.62 bits per heavy atom. The van der Waals surface area contributed by atoms with E-state index in [1.54, 1.807) is 0 Å². The Morgan fingerprint density at radius 1 is 1.38 bits per heavy atom. The number of aryl methyl sites for hydroxylation is 2. The first-order chi connectivity index (χ1) is 7.50. The van der Waals surface area contributed by atoms with Gasteiger partial charge in [0.15, 0.2) is 0 Å². The zero-order valence-electron chi connectivity index (χ0n) is 9.11. The number of esters is 1. The van der Waals surface area contributed by atoms with Crippen molar-refractivity contribution in [1.82, 2.24) is 0 Å². The second-order valence-corrected chi connectivity index (χ2v) is 3.99. The number of carbonyl (C=O) groups excluding carboxylic acids is 1. The Kier molecular flexibility index (Phi) is 2.42. The fourth-order valence-corrected chi connectivity index (χ4v) is 1.97. The van der Waals surface area contributed by atoms with Gasteiger partial charge >= 0.3 is 11.9 Å². The lowest BCUT2D eigenvalue weighted by molar-refractivity contribution is -0.147. The van der Waals surface area contributed by atoms with Crippen LogP contribution in [-0.2, 0) is 16.0 Å². The lowest BCUT2D eigenvalue weighted by atomic mass is 9.91. The Bertz CT molecular complexity index is 476. The number of hydrogen-bond donors (Lipinski definition) is 1. The summed E-state index contributed by atoms with van der Waals surface area (Å²) < 4.78 is 4.87. The molecule has 1 N–H and O–H groups in total. The van der Waals surface area contributed by atoms with Crippen LogP contribution >= 0.6 is 0 Å². The summed E-state index contributed by atoms with van der Waals surface area (Å²) in [4.78, 5) is 22.5. The van der Waals surface area contributed by atoms with Crippen LogP contribution in [0.2, 0.25) is 0 Å². The molecule has 16 heavy (non-hydrogen) atoms. The second kappa shape index (κ2) is 3.63. The molecule has 1 atom stereocenters. The molecule has 1 aliphatic rings. The van der Waals surface area contributed by atoms with Crippen LogP contribution in [0, 0.1) is 13.8 Å². The number of carboxylic acids is 1. The Morgan fingerprint density at radius 2 is 2.00 bits per heavy atom. The van der Waals surface area contributed by atoms with Gasteiger partial charge < -0.3 is 9.84 Å². The SMILES string of the molecule is Cc1ccc(C)c2c1CC(C(=O)O)OC2=O. The van der Waals surface area contributed by atoms with E-state index in [1.807, 2.05) is 26.0 Å². The van der Waals surface area contributed by atoms with E-state index in [0.717, 1.165) is 16.7 Å². The summed E-state index contributed by atoms with van der Waals surface area (Å²) in [5.41, 5.74) is 3.08. The summed E-state index contributed by atoms with van der Waals surface area (Å²) in [6.07, 6.45) is -0.801. The zero-order valence-corrected chi connectivity index (χ0v) is 9.11. The number of rotatable bonds is 1. The molecular weight excluding hydrogens is 208 g/mol.